The zero-order valence-corrected chi connectivity index (χ0v) is 11.8. The van der Waals surface area contributed by atoms with Crippen LogP contribution in [0, 0.1) is 0 Å². The van der Waals surface area contributed by atoms with E-state index in [1.54, 1.807) is 16.5 Å². The Bertz CT molecular complexity index is 482. The molecule has 0 aliphatic heterocycles. The number of hydrogen-bond donors (Lipinski definition) is 1. The quantitative estimate of drug-likeness (QED) is 0.775. The normalized spacial score (nSPS) is 10.3. The van der Waals surface area contributed by atoms with Crippen LogP contribution in [0.1, 0.15) is 30.2 Å². The first-order chi connectivity index (χ1) is 8.96. The van der Waals surface area contributed by atoms with Crippen molar-refractivity contribution in [3.05, 3.63) is 11.5 Å². The SMILES string of the molecule is CCc1nc(C(=O)OC)c(N)n1CC(=O)N(C)CC. The number of amides is 1. The van der Waals surface area contributed by atoms with E-state index in [1.807, 2.05) is 13.8 Å². The second-order valence-corrected chi connectivity index (χ2v) is 4.10. The van der Waals surface area contributed by atoms with Gasteiger partial charge in [0.2, 0.25) is 5.91 Å². The molecule has 0 aliphatic carbocycles. The summed E-state index contributed by atoms with van der Waals surface area (Å²) in [7, 11) is 2.98. The Balaban J connectivity index is 3.09. The number of methoxy groups -OCH3 is 1. The molecule has 1 aromatic rings. The molecule has 0 bridgehead atoms. The predicted molar refractivity (Wildman–Crippen MR) is 70.7 cm³/mol. The number of likely N-dealkylation sites (N-methyl/N-ethyl adjacent to an activating group) is 1. The van der Waals surface area contributed by atoms with Crippen LogP contribution < -0.4 is 5.73 Å². The fourth-order valence-electron chi connectivity index (χ4n) is 1.64. The first-order valence-corrected chi connectivity index (χ1v) is 6.13. The molecule has 0 aliphatic rings. The lowest BCUT2D eigenvalue weighted by Gasteiger charge is -2.16. The highest BCUT2D eigenvalue weighted by Gasteiger charge is 2.22. The van der Waals surface area contributed by atoms with Crippen LogP contribution in [0.15, 0.2) is 0 Å². The molecule has 7 nitrogen and oxygen atoms in total. The third-order valence-corrected chi connectivity index (χ3v) is 2.97. The van der Waals surface area contributed by atoms with E-state index in [-0.39, 0.29) is 24.0 Å². The highest BCUT2D eigenvalue weighted by Crippen LogP contribution is 2.16. The number of ether oxygens (including phenoxy) is 1. The molecule has 2 N–H and O–H groups in total. The van der Waals surface area contributed by atoms with Crippen molar-refractivity contribution in [1.29, 1.82) is 0 Å². The van der Waals surface area contributed by atoms with Gasteiger partial charge >= 0.3 is 5.97 Å². The lowest BCUT2D eigenvalue weighted by Crippen LogP contribution is -2.30. The number of aromatic nitrogens is 2. The molecule has 1 rings (SSSR count). The van der Waals surface area contributed by atoms with Crippen LogP contribution in [0.4, 0.5) is 5.82 Å². The van der Waals surface area contributed by atoms with Crippen LogP contribution in [0.2, 0.25) is 0 Å². The summed E-state index contributed by atoms with van der Waals surface area (Å²) in [4.78, 5) is 29.1. The molecule has 0 spiro atoms. The number of aryl methyl sites for hydroxylation is 1. The van der Waals surface area contributed by atoms with Gasteiger partial charge in [0, 0.05) is 20.0 Å². The molecular formula is C12H20N4O3. The second kappa shape index (κ2) is 6.21. The molecule has 0 atom stereocenters. The van der Waals surface area contributed by atoms with E-state index in [1.165, 1.54) is 7.11 Å². The Hall–Kier alpha value is -2.05. The molecule has 0 fully saturated rings. The molecular weight excluding hydrogens is 248 g/mol. The van der Waals surface area contributed by atoms with Gasteiger partial charge in [-0.3, -0.25) is 4.79 Å². The Labute approximate surface area is 112 Å². The Morgan fingerprint density at radius 3 is 2.53 bits per heavy atom. The summed E-state index contributed by atoms with van der Waals surface area (Å²) in [5.74, 6) is 0.0808. The molecule has 0 aromatic carbocycles. The average molecular weight is 268 g/mol. The third-order valence-electron chi connectivity index (χ3n) is 2.97. The number of nitrogens with two attached hydrogens (primary N) is 1. The van der Waals surface area contributed by atoms with Crippen molar-refractivity contribution in [3.8, 4) is 0 Å². The van der Waals surface area contributed by atoms with Crippen LogP contribution >= 0.6 is 0 Å². The lowest BCUT2D eigenvalue weighted by atomic mass is 10.4. The summed E-state index contributed by atoms with van der Waals surface area (Å²) in [5.41, 5.74) is 5.94. The van der Waals surface area contributed by atoms with Crippen LogP contribution in [0.25, 0.3) is 0 Å². The minimum Gasteiger partial charge on any atom is -0.464 e. The van der Waals surface area contributed by atoms with E-state index in [0.717, 1.165) is 0 Å². The van der Waals surface area contributed by atoms with Crippen LogP contribution in [-0.2, 0) is 22.5 Å². The molecule has 106 valence electrons. The number of hydrogen-bond acceptors (Lipinski definition) is 5. The standard InChI is InChI=1S/C12H20N4O3/c1-5-8-14-10(12(18)19-4)11(13)16(8)7-9(17)15(3)6-2/h5-7,13H2,1-4H3. The van der Waals surface area contributed by atoms with Crippen LogP contribution in [0.5, 0.6) is 0 Å². The molecule has 0 unspecified atom stereocenters. The Morgan fingerprint density at radius 1 is 1.42 bits per heavy atom. The van der Waals surface area contributed by atoms with E-state index in [4.69, 9.17) is 5.73 Å². The largest absolute Gasteiger partial charge is 0.464 e. The first kappa shape index (κ1) is 15.0. The minimum atomic E-state index is -0.595. The maximum absolute atomic E-state index is 11.9. The monoisotopic (exact) mass is 268 g/mol. The first-order valence-electron chi connectivity index (χ1n) is 6.13. The van der Waals surface area contributed by atoms with Crippen LogP contribution in [-0.4, -0.2) is 47.0 Å². The zero-order chi connectivity index (χ0) is 14.6. The molecule has 1 amide bonds. The highest BCUT2D eigenvalue weighted by molar-refractivity contribution is 5.92. The fourth-order valence-corrected chi connectivity index (χ4v) is 1.64. The van der Waals surface area contributed by atoms with Gasteiger partial charge in [0.1, 0.15) is 18.2 Å². The van der Waals surface area contributed by atoms with Crippen molar-refractivity contribution in [1.82, 2.24) is 14.5 Å². The van der Waals surface area contributed by atoms with Gasteiger partial charge in [-0.15, -0.1) is 0 Å². The molecule has 0 radical (unpaired) electrons. The molecule has 1 aromatic heterocycles. The third kappa shape index (κ3) is 3.04. The van der Waals surface area contributed by atoms with E-state index < -0.39 is 5.97 Å². The topological polar surface area (TPSA) is 90.4 Å². The number of anilines is 1. The maximum atomic E-state index is 11.9. The van der Waals surface area contributed by atoms with Gasteiger partial charge in [-0.25, -0.2) is 9.78 Å². The number of rotatable bonds is 5. The van der Waals surface area contributed by atoms with Gasteiger partial charge in [0.25, 0.3) is 0 Å². The zero-order valence-electron chi connectivity index (χ0n) is 11.8. The second-order valence-electron chi connectivity index (χ2n) is 4.10. The van der Waals surface area contributed by atoms with Gasteiger partial charge in [-0.1, -0.05) is 6.92 Å². The summed E-state index contributed by atoms with van der Waals surface area (Å²) in [6.07, 6.45) is 0.574. The fraction of sp³-hybridized carbons (Fsp3) is 0.583. The number of carbonyl (C=O) groups excluding carboxylic acids is 2. The Morgan fingerprint density at radius 2 is 2.05 bits per heavy atom. The van der Waals surface area contributed by atoms with Crippen molar-refractivity contribution in [2.45, 2.75) is 26.8 Å². The number of carbonyl (C=O) groups is 2. The molecule has 1 heterocycles. The van der Waals surface area contributed by atoms with Gasteiger partial charge in [-0.2, -0.15) is 0 Å². The lowest BCUT2D eigenvalue weighted by molar-refractivity contribution is -0.130. The van der Waals surface area contributed by atoms with Gasteiger partial charge in [0.05, 0.1) is 7.11 Å². The van der Waals surface area contributed by atoms with Crippen LogP contribution in [0.3, 0.4) is 0 Å². The summed E-state index contributed by atoms with van der Waals surface area (Å²) >= 11 is 0. The molecule has 0 saturated carbocycles. The Kier molecular flexibility index (Phi) is 4.91. The van der Waals surface area contributed by atoms with E-state index in [9.17, 15) is 9.59 Å². The summed E-state index contributed by atoms with van der Waals surface area (Å²) in [6, 6.07) is 0. The summed E-state index contributed by atoms with van der Waals surface area (Å²) in [5, 5.41) is 0. The number of nitrogen functional groups attached to an aromatic ring is 1. The summed E-state index contributed by atoms with van der Waals surface area (Å²) < 4.78 is 6.17. The molecule has 19 heavy (non-hydrogen) atoms. The van der Waals surface area contributed by atoms with Crippen molar-refractivity contribution in [2.75, 3.05) is 26.4 Å². The van der Waals surface area contributed by atoms with E-state index in [2.05, 4.69) is 9.72 Å². The maximum Gasteiger partial charge on any atom is 0.360 e. The van der Waals surface area contributed by atoms with Gasteiger partial charge < -0.3 is 19.9 Å². The van der Waals surface area contributed by atoms with Crippen molar-refractivity contribution >= 4 is 17.7 Å². The predicted octanol–water partition coefficient (Wildman–Crippen LogP) is 0.293. The minimum absolute atomic E-state index is 0.0614. The number of nitrogens with zero attached hydrogens (tertiary/aromatic N) is 3. The van der Waals surface area contributed by atoms with E-state index in [0.29, 0.717) is 18.8 Å². The summed E-state index contributed by atoms with van der Waals surface area (Å²) in [6.45, 7) is 4.45. The highest BCUT2D eigenvalue weighted by atomic mass is 16.5. The van der Waals surface area contributed by atoms with Crippen molar-refractivity contribution in [3.63, 3.8) is 0 Å². The molecule has 0 saturated heterocycles. The molecule has 7 heteroatoms. The van der Waals surface area contributed by atoms with Crippen molar-refractivity contribution in [2.24, 2.45) is 0 Å². The van der Waals surface area contributed by atoms with E-state index >= 15 is 0 Å². The number of imidazole rings is 1. The number of esters is 1. The van der Waals surface area contributed by atoms with Gasteiger partial charge in [0.15, 0.2) is 5.69 Å². The van der Waals surface area contributed by atoms with Crippen molar-refractivity contribution < 1.29 is 14.3 Å². The average Bonchev–Trinajstić information content (AvgIpc) is 2.73. The smallest absolute Gasteiger partial charge is 0.360 e. The van der Waals surface area contributed by atoms with Gasteiger partial charge in [-0.05, 0) is 6.92 Å².